The van der Waals surface area contributed by atoms with Gasteiger partial charge in [-0.05, 0) is 60.7 Å². The minimum atomic E-state index is -0.111. The molecule has 2 N–H and O–H groups in total. The molecule has 0 saturated carbocycles. The number of carbonyl (C=O) groups is 1. The highest BCUT2D eigenvalue weighted by atomic mass is 16.5. The predicted molar refractivity (Wildman–Crippen MR) is 131 cm³/mol. The molecule has 3 rings (SSSR count). The van der Waals surface area contributed by atoms with Crippen LogP contribution < -0.4 is 14.8 Å². The first-order chi connectivity index (χ1) is 16.1. The van der Waals surface area contributed by atoms with Crippen LogP contribution in [0.3, 0.4) is 0 Å². The van der Waals surface area contributed by atoms with Crippen LogP contribution in [0.1, 0.15) is 36.7 Å². The van der Waals surface area contributed by atoms with E-state index < -0.39 is 0 Å². The molecule has 172 valence electrons. The first-order valence-corrected chi connectivity index (χ1v) is 11.0. The Morgan fingerprint density at radius 3 is 2.15 bits per heavy atom. The number of hydrogen-bond acceptors (Lipinski definition) is 4. The minimum Gasteiger partial charge on any atom is -0.497 e. The molecule has 33 heavy (non-hydrogen) atoms. The van der Waals surface area contributed by atoms with Gasteiger partial charge in [0, 0.05) is 30.9 Å². The van der Waals surface area contributed by atoms with E-state index in [1.165, 1.54) is 0 Å². The third kappa shape index (κ3) is 7.38. The third-order valence-corrected chi connectivity index (χ3v) is 5.31. The van der Waals surface area contributed by atoms with Crippen molar-refractivity contribution in [1.29, 1.82) is 0 Å². The van der Waals surface area contributed by atoms with E-state index in [1.807, 2.05) is 67.7 Å². The second kappa shape index (κ2) is 12.3. The molecule has 3 aromatic rings. The van der Waals surface area contributed by atoms with Crippen LogP contribution in [0.25, 0.3) is 5.57 Å². The molecule has 0 aliphatic heterocycles. The number of aromatic amines is 1. The number of nitrogens with zero attached hydrogens (tertiary/aromatic N) is 1. The summed E-state index contributed by atoms with van der Waals surface area (Å²) in [5.41, 5.74) is 3.05. The van der Waals surface area contributed by atoms with E-state index in [0.29, 0.717) is 0 Å². The van der Waals surface area contributed by atoms with E-state index in [9.17, 15) is 4.79 Å². The topological polar surface area (TPSA) is 76.2 Å². The highest BCUT2D eigenvalue weighted by molar-refractivity contribution is 5.89. The average Bonchev–Trinajstić information content (AvgIpc) is 3.36. The van der Waals surface area contributed by atoms with Crippen LogP contribution in [0.15, 0.2) is 79.2 Å². The van der Waals surface area contributed by atoms with Crippen molar-refractivity contribution in [1.82, 2.24) is 15.3 Å². The third-order valence-electron chi connectivity index (χ3n) is 5.31. The molecule has 0 unspecified atom stereocenters. The number of nitrogens with one attached hydrogen (secondary N) is 2. The summed E-state index contributed by atoms with van der Waals surface area (Å²) < 4.78 is 10.6. The van der Waals surface area contributed by atoms with Gasteiger partial charge in [0.2, 0.25) is 5.91 Å². The first kappa shape index (κ1) is 23.9. The Bertz CT molecular complexity index is 1000. The summed E-state index contributed by atoms with van der Waals surface area (Å²) in [4.78, 5) is 19.7. The summed E-state index contributed by atoms with van der Waals surface area (Å²) in [6.07, 6.45) is 11.6. The number of benzene rings is 2. The van der Waals surface area contributed by atoms with Crippen molar-refractivity contribution in [3.8, 4) is 11.5 Å². The van der Waals surface area contributed by atoms with E-state index in [4.69, 9.17) is 9.47 Å². The molecule has 6 heteroatoms. The molecule has 0 radical (unpaired) electrons. The van der Waals surface area contributed by atoms with Crippen molar-refractivity contribution in [2.24, 2.45) is 0 Å². The number of hydrogen-bond donors (Lipinski definition) is 2. The van der Waals surface area contributed by atoms with Crippen molar-refractivity contribution in [2.45, 2.75) is 32.2 Å². The number of H-pyrrole nitrogens is 1. The number of ether oxygens (including phenoxy) is 2. The van der Waals surface area contributed by atoms with Crippen LogP contribution in [-0.4, -0.2) is 36.1 Å². The largest absolute Gasteiger partial charge is 0.497 e. The monoisotopic (exact) mass is 445 g/mol. The minimum absolute atomic E-state index is 0.0868. The molecule has 1 atom stereocenters. The van der Waals surface area contributed by atoms with Crippen LogP contribution in [0.5, 0.6) is 11.5 Å². The smallest absolute Gasteiger partial charge is 0.244 e. The lowest BCUT2D eigenvalue weighted by atomic mass is 9.97. The summed E-state index contributed by atoms with van der Waals surface area (Å²) in [7, 11) is 3.29. The number of rotatable bonds is 11. The molecule has 1 amide bonds. The number of methoxy groups -OCH3 is 2. The summed E-state index contributed by atoms with van der Waals surface area (Å²) in [6, 6.07) is 15.8. The molecule has 0 aliphatic carbocycles. The number of carbonyl (C=O) groups excluding carboxylic acids is 1. The quantitative estimate of drug-likeness (QED) is 0.324. The van der Waals surface area contributed by atoms with Crippen molar-refractivity contribution in [3.05, 3.63) is 96.1 Å². The molecule has 6 nitrogen and oxygen atoms in total. The maximum atomic E-state index is 12.4. The molecule has 0 aliphatic rings. The van der Waals surface area contributed by atoms with E-state index in [-0.39, 0.29) is 11.9 Å². The van der Waals surface area contributed by atoms with E-state index in [0.717, 1.165) is 53.3 Å². The van der Waals surface area contributed by atoms with Crippen molar-refractivity contribution in [3.63, 3.8) is 0 Å². The lowest BCUT2D eigenvalue weighted by Crippen LogP contribution is -2.31. The highest BCUT2D eigenvalue weighted by Gasteiger charge is 2.07. The fourth-order valence-electron chi connectivity index (χ4n) is 3.51. The zero-order chi connectivity index (χ0) is 23.5. The maximum absolute atomic E-state index is 12.4. The fraction of sp³-hybridized carbons (Fsp3) is 0.259. The van der Waals surface area contributed by atoms with E-state index in [1.54, 1.807) is 32.6 Å². The van der Waals surface area contributed by atoms with Gasteiger partial charge < -0.3 is 19.8 Å². The molecule has 2 aromatic carbocycles. The van der Waals surface area contributed by atoms with Crippen LogP contribution in [-0.2, 0) is 11.2 Å². The predicted octanol–water partition coefficient (Wildman–Crippen LogP) is 4.94. The molecule has 1 aromatic heterocycles. The number of amides is 1. The molecule has 0 saturated heterocycles. The summed E-state index contributed by atoms with van der Waals surface area (Å²) >= 11 is 0. The van der Waals surface area contributed by atoms with E-state index in [2.05, 4.69) is 15.3 Å². The molecule has 0 fully saturated rings. The Kier molecular flexibility index (Phi) is 8.88. The Balaban J connectivity index is 1.65. The number of aryl methyl sites for hydroxylation is 1. The van der Waals surface area contributed by atoms with Gasteiger partial charge in [-0.1, -0.05) is 36.4 Å². The lowest BCUT2D eigenvalue weighted by molar-refractivity contribution is -0.117. The normalized spacial score (nSPS) is 11.7. The van der Waals surface area contributed by atoms with E-state index >= 15 is 0 Å². The molecule has 1 heterocycles. The fourth-order valence-corrected chi connectivity index (χ4v) is 3.51. The zero-order valence-electron chi connectivity index (χ0n) is 19.4. The molecular formula is C27H31N3O3. The van der Waals surface area contributed by atoms with Gasteiger partial charge >= 0.3 is 0 Å². The standard InChI is InChI=1S/C27H31N3O3/c1-20(6-4-8-26-28-18-19-29-26)30-27(31)9-5-7-25(21-10-14-23(32-2)15-11-21)22-12-16-24(33-3)17-13-22/h5,7,9-20H,4,6,8H2,1-3H3,(H,28,29)(H,30,31)/t20-/m1/s1. The van der Waals surface area contributed by atoms with Crippen LogP contribution in [0.2, 0.25) is 0 Å². The van der Waals surface area contributed by atoms with Crippen LogP contribution in [0, 0.1) is 0 Å². The highest BCUT2D eigenvalue weighted by Crippen LogP contribution is 2.27. The molecule has 0 spiro atoms. The second-order valence-electron chi connectivity index (χ2n) is 7.73. The SMILES string of the molecule is COc1ccc(C(=CC=CC(=O)N[C@H](C)CCCc2ncc[nH]2)c2ccc(OC)cc2)cc1. The average molecular weight is 446 g/mol. The van der Waals surface area contributed by atoms with Crippen molar-refractivity contribution < 1.29 is 14.3 Å². The van der Waals surface area contributed by atoms with Gasteiger partial charge in [-0.3, -0.25) is 4.79 Å². The summed E-state index contributed by atoms with van der Waals surface area (Å²) in [6.45, 7) is 2.02. The van der Waals surface area contributed by atoms with Gasteiger partial charge in [0.15, 0.2) is 0 Å². The van der Waals surface area contributed by atoms with Crippen molar-refractivity contribution >= 4 is 11.5 Å². The van der Waals surface area contributed by atoms with Gasteiger partial charge in [-0.25, -0.2) is 4.98 Å². The first-order valence-electron chi connectivity index (χ1n) is 11.0. The van der Waals surface area contributed by atoms with Gasteiger partial charge in [0.05, 0.1) is 14.2 Å². The van der Waals surface area contributed by atoms with Gasteiger partial charge in [-0.2, -0.15) is 0 Å². The number of imidazole rings is 1. The van der Waals surface area contributed by atoms with Gasteiger partial charge in [0.25, 0.3) is 0 Å². The number of allylic oxidation sites excluding steroid dienone is 2. The van der Waals surface area contributed by atoms with Gasteiger partial charge in [0.1, 0.15) is 17.3 Å². The Labute approximate surface area is 195 Å². The number of aromatic nitrogens is 2. The molecule has 0 bridgehead atoms. The Hall–Kier alpha value is -3.80. The van der Waals surface area contributed by atoms with Crippen molar-refractivity contribution in [2.75, 3.05) is 14.2 Å². The van der Waals surface area contributed by atoms with Crippen LogP contribution in [0.4, 0.5) is 0 Å². The summed E-state index contributed by atoms with van der Waals surface area (Å²) in [5, 5.41) is 3.02. The summed E-state index contributed by atoms with van der Waals surface area (Å²) in [5.74, 6) is 2.45. The maximum Gasteiger partial charge on any atom is 0.244 e. The Morgan fingerprint density at radius 1 is 1.03 bits per heavy atom. The molecular weight excluding hydrogens is 414 g/mol. The Morgan fingerprint density at radius 2 is 1.64 bits per heavy atom. The van der Waals surface area contributed by atoms with Crippen LogP contribution >= 0.6 is 0 Å². The zero-order valence-corrected chi connectivity index (χ0v) is 19.4. The lowest BCUT2D eigenvalue weighted by Gasteiger charge is -2.12. The van der Waals surface area contributed by atoms with Gasteiger partial charge in [-0.15, -0.1) is 0 Å². The second-order valence-corrected chi connectivity index (χ2v) is 7.73.